The zero-order valence-electron chi connectivity index (χ0n) is 15.2. The maximum absolute atomic E-state index is 13.9. The molecule has 1 aromatic carbocycles. The van der Waals surface area contributed by atoms with Crippen molar-refractivity contribution in [3.8, 4) is 0 Å². The van der Waals surface area contributed by atoms with Crippen LogP contribution in [0.25, 0.3) is 5.52 Å². The van der Waals surface area contributed by atoms with Gasteiger partial charge in [-0.15, -0.1) is 0 Å². The van der Waals surface area contributed by atoms with E-state index in [1.165, 1.54) is 10.6 Å². The van der Waals surface area contributed by atoms with Gasteiger partial charge >= 0.3 is 0 Å². The van der Waals surface area contributed by atoms with Gasteiger partial charge in [-0.3, -0.25) is 9.59 Å². The number of hydrogen-bond donors (Lipinski definition) is 1. The van der Waals surface area contributed by atoms with E-state index in [9.17, 15) is 14.0 Å². The first kappa shape index (κ1) is 17.5. The lowest BCUT2D eigenvalue weighted by Crippen LogP contribution is -2.25. The largest absolute Gasteiger partial charge is 0.324 e. The first-order valence-corrected chi connectivity index (χ1v) is 9.18. The number of amides is 1. The van der Waals surface area contributed by atoms with Crippen LogP contribution in [0.15, 0.2) is 35.4 Å². The second-order valence-corrected chi connectivity index (χ2v) is 7.00. The van der Waals surface area contributed by atoms with Crippen LogP contribution in [-0.4, -0.2) is 20.1 Å². The number of aryl methyl sites for hydroxylation is 4. The number of fused-ring (bicyclic) bond motifs is 3. The van der Waals surface area contributed by atoms with Crippen molar-refractivity contribution in [3.63, 3.8) is 0 Å². The van der Waals surface area contributed by atoms with Gasteiger partial charge < -0.3 is 9.88 Å². The van der Waals surface area contributed by atoms with Crippen LogP contribution in [0.1, 0.15) is 36.1 Å². The number of benzene rings is 1. The van der Waals surface area contributed by atoms with E-state index in [0.717, 1.165) is 42.5 Å². The fraction of sp³-hybridized carbons (Fsp3) is 0.350. The third-order valence-corrected chi connectivity index (χ3v) is 5.01. The third-order valence-electron chi connectivity index (χ3n) is 5.01. The Hall–Kier alpha value is -2.96. The molecule has 0 bridgehead atoms. The molecule has 6 nitrogen and oxygen atoms in total. The van der Waals surface area contributed by atoms with Crippen LogP contribution in [0.2, 0.25) is 0 Å². The summed E-state index contributed by atoms with van der Waals surface area (Å²) in [6, 6.07) is 4.65. The normalized spacial score (nSPS) is 13.6. The van der Waals surface area contributed by atoms with Crippen molar-refractivity contribution in [1.82, 2.24) is 14.2 Å². The summed E-state index contributed by atoms with van der Waals surface area (Å²) in [4.78, 5) is 25.0. The monoisotopic (exact) mass is 368 g/mol. The molecular formula is C20H21FN4O2. The molecule has 0 saturated heterocycles. The predicted molar refractivity (Wildman–Crippen MR) is 100 cm³/mol. The average molecular weight is 368 g/mol. The molecule has 2 aromatic heterocycles. The van der Waals surface area contributed by atoms with Gasteiger partial charge in [0, 0.05) is 30.9 Å². The number of anilines is 1. The zero-order chi connectivity index (χ0) is 19.0. The van der Waals surface area contributed by atoms with E-state index in [2.05, 4.69) is 10.4 Å². The third kappa shape index (κ3) is 3.37. The molecule has 4 rings (SSSR count). The standard InChI is InChI=1S/C20H21FN4O2/c1-13-6-7-17(15(21)12-13)22-18(26)8-9-24-10-11-25-19(20(24)27)14-4-2-3-5-16(14)23-25/h6-7,10-12H,2-5,8-9H2,1H3,(H,22,26). The summed E-state index contributed by atoms with van der Waals surface area (Å²) in [6.45, 7) is 2.01. The van der Waals surface area contributed by atoms with Crippen molar-refractivity contribution in [1.29, 1.82) is 0 Å². The van der Waals surface area contributed by atoms with Gasteiger partial charge in [0.2, 0.25) is 5.91 Å². The number of rotatable bonds is 4. The Balaban J connectivity index is 1.51. The van der Waals surface area contributed by atoms with Gasteiger partial charge in [0.15, 0.2) is 0 Å². The van der Waals surface area contributed by atoms with E-state index in [4.69, 9.17) is 0 Å². The second-order valence-electron chi connectivity index (χ2n) is 7.00. The Morgan fingerprint density at radius 1 is 1.26 bits per heavy atom. The number of carbonyl (C=O) groups is 1. The summed E-state index contributed by atoms with van der Waals surface area (Å²) >= 11 is 0. The summed E-state index contributed by atoms with van der Waals surface area (Å²) in [5.74, 6) is -0.798. The SMILES string of the molecule is Cc1ccc(NC(=O)CCn2ccn3nc4c(c3c2=O)CCCC4)c(F)c1. The van der Waals surface area contributed by atoms with E-state index in [1.807, 2.05) is 0 Å². The number of halogens is 1. The molecule has 0 fully saturated rings. The van der Waals surface area contributed by atoms with Crippen LogP contribution in [0.5, 0.6) is 0 Å². The molecule has 0 radical (unpaired) electrons. The van der Waals surface area contributed by atoms with Gasteiger partial charge in [-0.25, -0.2) is 8.91 Å². The fourth-order valence-corrected chi connectivity index (χ4v) is 3.59. The van der Waals surface area contributed by atoms with Crippen molar-refractivity contribution < 1.29 is 9.18 Å². The zero-order valence-corrected chi connectivity index (χ0v) is 15.2. The van der Waals surface area contributed by atoms with Crippen LogP contribution in [-0.2, 0) is 24.2 Å². The van der Waals surface area contributed by atoms with Crippen molar-refractivity contribution in [2.45, 2.75) is 45.6 Å². The van der Waals surface area contributed by atoms with Gasteiger partial charge in [0.05, 0.1) is 11.4 Å². The van der Waals surface area contributed by atoms with Gasteiger partial charge in [0.1, 0.15) is 11.3 Å². The van der Waals surface area contributed by atoms with Gasteiger partial charge in [-0.05, 0) is 50.3 Å². The lowest BCUT2D eigenvalue weighted by molar-refractivity contribution is -0.116. The van der Waals surface area contributed by atoms with E-state index in [-0.39, 0.29) is 30.1 Å². The van der Waals surface area contributed by atoms with Crippen LogP contribution < -0.4 is 10.9 Å². The molecule has 0 saturated carbocycles. The summed E-state index contributed by atoms with van der Waals surface area (Å²) < 4.78 is 17.0. The maximum atomic E-state index is 13.9. The Morgan fingerprint density at radius 2 is 2.07 bits per heavy atom. The molecule has 0 atom stereocenters. The molecule has 1 amide bonds. The quantitative estimate of drug-likeness (QED) is 0.770. The highest BCUT2D eigenvalue weighted by molar-refractivity contribution is 5.90. The minimum atomic E-state index is -0.465. The highest BCUT2D eigenvalue weighted by Gasteiger charge is 2.19. The predicted octanol–water partition coefficient (Wildman–Crippen LogP) is 2.85. The Bertz CT molecular complexity index is 1080. The minimum Gasteiger partial charge on any atom is -0.324 e. The molecule has 2 heterocycles. The molecule has 0 unspecified atom stereocenters. The average Bonchev–Trinajstić information content (AvgIpc) is 3.03. The molecule has 0 spiro atoms. The van der Waals surface area contributed by atoms with Crippen LogP contribution >= 0.6 is 0 Å². The molecule has 0 aliphatic heterocycles. The van der Waals surface area contributed by atoms with Crippen LogP contribution in [0.3, 0.4) is 0 Å². The van der Waals surface area contributed by atoms with Crippen molar-refractivity contribution in [3.05, 3.63) is 63.6 Å². The number of hydrogen-bond acceptors (Lipinski definition) is 3. The Morgan fingerprint density at radius 3 is 2.89 bits per heavy atom. The lowest BCUT2D eigenvalue weighted by atomic mass is 9.97. The molecular weight excluding hydrogens is 347 g/mol. The summed E-state index contributed by atoms with van der Waals surface area (Å²) in [7, 11) is 0. The fourth-order valence-electron chi connectivity index (χ4n) is 3.59. The molecule has 140 valence electrons. The summed E-state index contributed by atoms with van der Waals surface area (Å²) in [5, 5.41) is 7.07. The first-order chi connectivity index (χ1) is 13.0. The minimum absolute atomic E-state index is 0.0831. The van der Waals surface area contributed by atoms with Gasteiger partial charge in [0.25, 0.3) is 5.56 Å². The summed E-state index contributed by atoms with van der Waals surface area (Å²) in [5.41, 5.74) is 3.45. The Labute approximate surface area is 155 Å². The summed E-state index contributed by atoms with van der Waals surface area (Å²) in [6.07, 6.45) is 7.42. The van der Waals surface area contributed by atoms with E-state index >= 15 is 0 Å². The molecule has 27 heavy (non-hydrogen) atoms. The Kier molecular flexibility index (Phi) is 4.51. The van der Waals surface area contributed by atoms with Gasteiger partial charge in [-0.2, -0.15) is 5.10 Å². The van der Waals surface area contributed by atoms with Crippen molar-refractivity contribution in [2.75, 3.05) is 5.32 Å². The number of nitrogens with one attached hydrogen (secondary N) is 1. The second kappa shape index (κ2) is 6.98. The number of carbonyl (C=O) groups excluding carboxylic acids is 1. The highest BCUT2D eigenvalue weighted by atomic mass is 19.1. The smallest absolute Gasteiger partial charge is 0.276 e. The molecule has 1 aliphatic carbocycles. The topological polar surface area (TPSA) is 68.4 Å². The van der Waals surface area contributed by atoms with Crippen LogP contribution in [0.4, 0.5) is 10.1 Å². The highest BCUT2D eigenvalue weighted by Crippen LogP contribution is 2.22. The van der Waals surface area contributed by atoms with Crippen molar-refractivity contribution >= 4 is 17.1 Å². The first-order valence-electron chi connectivity index (χ1n) is 9.18. The van der Waals surface area contributed by atoms with Crippen LogP contribution in [0, 0.1) is 12.7 Å². The van der Waals surface area contributed by atoms with Gasteiger partial charge in [-0.1, -0.05) is 6.07 Å². The molecule has 3 aromatic rings. The number of aromatic nitrogens is 3. The van der Waals surface area contributed by atoms with Crippen molar-refractivity contribution in [2.24, 2.45) is 0 Å². The maximum Gasteiger partial charge on any atom is 0.276 e. The molecule has 1 N–H and O–H groups in total. The number of nitrogens with zero attached hydrogens (tertiary/aromatic N) is 3. The van der Waals surface area contributed by atoms with E-state index in [0.29, 0.717) is 5.52 Å². The molecule has 7 heteroatoms. The van der Waals surface area contributed by atoms with E-state index in [1.54, 1.807) is 36.0 Å². The van der Waals surface area contributed by atoms with E-state index < -0.39 is 5.82 Å². The lowest BCUT2D eigenvalue weighted by Gasteiger charge is -2.10. The molecule has 1 aliphatic rings.